The minimum atomic E-state index is -0.242. The Bertz CT molecular complexity index is 938. The zero-order valence-corrected chi connectivity index (χ0v) is 17.6. The number of benzene rings is 2. The van der Waals surface area contributed by atoms with Crippen LogP contribution in [0.2, 0.25) is 0 Å². The number of carbonyl (C=O) groups is 1. The summed E-state index contributed by atoms with van der Waals surface area (Å²) in [5.74, 6) is 0.975. The van der Waals surface area contributed by atoms with Gasteiger partial charge >= 0.3 is 0 Å². The summed E-state index contributed by atoms with van der Waals surface area (Å²) in [4.78, 5) is 17.9. The Kier molecular flexibility index (Phi) is 7.23. The van der Waals surface area contributed by atoms with Crippen molar-refractivity contribution in [2.45, 2.75) is 26.0 Å². The largest absolute Gasteiger partial charge is 0.355 e. The average Bonchev–Trinajstić information content (AvgIpc) is 3.04. The molecule has 3 aromatic rings. The number of nitrogens with one attached hydrogen (secondary N) is 1. The van der Waals surface area contributed by atoms with Gasteiger partial charge in [-0.2, -0.15) is 0 Å². The van der Waals surface area contributed by atoms with Crippen molar-refractivity contribution in [1.29, 1.82) is 0 Å². The van der Waals surface area contributed by atoms with Gasteiger partial charge in [0.05, 0.1) is 11.4 Å². The standard InChI is InChI=1S/C22H23FN2OS2/c1-15-5-3-4-6-19(15)22-25-16(2)20(28-22)13-27-14-21(26)24-12-11-17-7-9-18(23)10-8-17/h3-10H,11-14H2,1-2H3,(H,24,26). The lowest BCUT2D eigenvalue weighted by molar-refractivity contribution is -0.118. The monoisotopic (exact) mass is 414 g/mol. The van der Waals surface area contributed by atoms with Crippen LogP contribution in [-0.4, -0.2) is 23.2 Å². The third-order valence-corrected chi connectivity index (χ3v) is 6.72. The minimum absolute atomic E-state index is 0.0217. The first-order valence-corrected chi connectivity index (χ1v) is 11.1. The molecule has 146 valence electrons. The van der Waals surface area contributed by atoms with Crippen molar-refractivity contribution in [3.8, 4) is 10.6 Å². The molecule has 0 aliphatic carbocycles. The Morgan fingerprint density at radius 2 is 1.89 bits per heavy atom. The number of nitrogens with zero attached hydrogens (tertiary/aromatic N) is 1. The van der Waals surface area contributed by atoms with E-state index in [1.54, 1.807) is 35.2 Å². The van der Waals surface area contributed by atoms with Crippen LogP contribution in [0.5, 0.6) is 0 Å². The molecule has 1 heterocycles. The Hall–Kier alpha value is -2.18. The molecular formula is C22H23FN2OS2. The second kappa shape index (κ2) is 9.85. The lowest BCUT2D eigenvalue weighted by Gasteiger charge is -2.05. The van der Waals surface area contributed by atoms with E-state index in [2.05, 4.69) is 24.4 Å². The zero-order chi connectivity index (χ0) is 19.9. The molecule has 1 N–H and O–H groups in total. The zero-order valence-electron chi connectivity index (χ0n) is 16.0. The summed E-state index contributed by atoms with van der Waals surface area (Å²) in [5.41, 5.74) is 4.44. The number of carbonyl (C=O) groups excluding carboxylic acids is 1. The molecule has 0 saturated heterocycles. The summed E-state index contributed by atoms with van der Waals surface area (Å²) in [6.07, 6.45) is 0.699. The molecular weight excluding hydrogens is 391 g/mol. The summed E-state index contributed by atoms with van der Waals surface area (Å²) >= 11 is 3.30. The highest BCUT2D eigenvalue weighted by atomic mass is 32.2. The van der Waals surface area contributed by atoms with Gasteiger partial charge < -0.3 is 5.32 Å². The molecule has 0 bridgehead atoms. The number of hydrogen-bond acceptors (Lipinski definition) is 4. The maximum Gasteiger partial charge on any atom is 0.230 e. The second-order valence-corrected chi connectivity index (χ2v) is 8.63. The van der Waals surface area contributed by atoms with E-state index in [0.29, 0.717) is 18.7 Å². The maximum atomic E-state index is 12.9. The van der Waals surface area contributed by atoms with Gasteiger partial charge in [0, 0.05) is 22.7 Å². The SMILES string of the molecule is Cc1ccccc1-c1nc(C)c(CSCC(=O)NCCc2ccc(F)cc2)s1. The van der Waals surface area contributed by atoms with Gasteiger partial charge in [-0.05, 0) is 43.5 Å². The number of rotatable bonds is 8. The number of thioether (sulfide) groups is 1. The molecule has 0 spiro atoms. The van der Waals surface area contributed by atoms with Gasteiger partial charge in [-0.25, -0.2) is 9.37 Å². The lowest BCUT2D eigenvalue weighted by Crippen LogP contribution is -2.27. The Labute approximate surface area is 173 Å². The molecule has 1 aromatic heterocycles. The van der Waals surface area contributed by atoms with Crippen molar-refractivity contribution in [2.24, 2.45) is 0 Å². The molecule has 0 atom stereocenters. The molecule has 28 heavy (non-hydrogen) atoms. The number of halogens is 1. The van der Waals surface area contributed by atoms with E-state index in [9.17, 15) is 9.18 Å². The molecule has 0 aliphatic heterocycles. The van der Waals surface area contributed by atoms with Crippen LogP contribution in [0.4, 0.5) is 4.39 Å². The molecule has 0 saturated carbocycles. The number of aromatic nitrogens is 1. The van der Waals surface area contributed by atoms with Gasteiger partial charge in [0.25, 0.3) is 0 Å². The quantitative estimate of drug-likeness (QED) is 0.554. The molecule has 0 aliphatic rings. The van der Waals surface area contributed by atoms with E-state index in [4.69, 9.17) is 4.98 Å². The predicted octanol–water partition coefficient (Wildman–Crippen LogP) is 5.16. The summed E-state index contributed by atoms with van der Waals surface area (Å²) in [6.45, 7) is 4.68. The van der Waals surface area contributed by atoms with Crippen molar-refractivity contribution >= 4 is 29.0 Å². The highest BCUT2D eigenvalue weighted by molar-refractivity contribution is 7.99. The van der Waals surface area contributed by atoms with E-state index in [1.165, 1.54) is 28.1 Å². The van der Waals surface area contributed by atoms with Gasteiger partial charge in [-0.3, -0.25) is 4.79 Å². The van der Waals surface area contributed by atoms with Crippen LogP contribution >= 0.6 is 23.1 Å². The predicted molar refractivity (Wildman–Crippen MR) is 116 cm³/mol. The van der Waals surface area contributed by atoms with Gasteiger partial charge in [-0.1, -0.05) is 36.4 Å². The van der Waals surface area contributed by atoms with Crippen LogP contribution in [0.1, 0.15) is 21.7 Å². The topological polar surface area (TPSA) is 42.0 Å². The highest BCUT2D eigenvalue weighted by Gasteiger charge is 2.12. The van der Waals surface area contributed by atoms with Crippen LogP contribution in [0.25, 0.3) is 10.6 Å². The van der Waals surface area contributed by atoms with Crippen molar-refractivity contribution < 1.29 is 9.18 Å². The first kappa shape index (κ1) is 20.6. The van der Waals surface area contributed by atoms with Crippen molar-refractivity contribution in [1.82, 2.24) is 10.3 Å². The molecule has 2 aromatic carbocycles. The number of aryl methyl sites for hydroxylation is 2. The van der Waals surface area contributed by atoms with Crippen molar-refractivity contribution in [3.05, 3.63) is 76.0 Å². The van der Waals surface area contributed by atoms with Crippen LogP contribution in [-0.2, 0) is 17.0 Å². The Morgan fingerprint density at radius 3 is 2.64 bits per heavy atom. The van der Waals surface area contributed by atoms with Crippen LogP contribution < -0.4 is 5.32 Å². The van der Waals surface area contributed by atoms with E-state index >= 15 is 0 Å². The third kappa shape index (κ3) is 5.66. The molecule has 1 amide bonds. The summed E-state index contributed by atoms with van der Waals surface area (Å²) in [5, 5.41) is 3.96. The molecule has 3 nitrogen and oxygen atoms in total. The maximum absolute atomic E-state index is 12.9. The molecule has 3 rings (SSSR count). The van der Waals surface area contributed by atoms with E-state index in [0.717, 1.165) is 22.0 Å². The summed E-state index contributed by atoms with van der Waals surface area (Å²) in [6, 6.07) is 14.6. The molecule has 0 fully saturated rings. The number of amides is 1. The highest BCUT2D eigenvalue weighted by Crippen LogP contribution is 2.32. The molecule has 0 unspecified atom stereocenters. The normalized spacial score (nSPS) is 10.8. The van der Waals surface area contributed by atoms with Crippen LogP contribution in [0, 0.1) is 19.7 Å². The number of thiazole rings is 1. The minimum Gasteiger partial charge on any atom is -0.355 e. The van der Waals surface area contributed by atoms with Crippen LogP contribution in [0.3, 0.4) is 0 Å². The van der Waals surface area contributed by atoms with Crippen molar-refractivity contribution in [2.75, 3.05) is 12.3 Å². The Balaban J connectivity index is 1.44. The fraction of sp³-hybridized carbons (Fsp3) is 0.273. The van der Waals surface area contributed by atoms with Crippen LogP contribution in [0.15, 0.2) is 48.5 Å². The summed E-state index contributed by atoms with van der Waals surface area (Å²) < 4.78 is 12.9. The van der Waals surface area contributed by atoms with Gasteiger partial charge in [0.15, 0.2) is 0 Å². The smallest absolute Gasteiger partial charge is 0.230 e. The first-order chi connectivity index (χ1) is 13.5. The van der Waals surface area contributed by atoms with E-state index < -0.39 is 0 Å². The first-order valence-electron chi connectivity index (χ1n) is 9.14. The average molecular weight is 415 g/mol. The number of hydrogen-bond donors (Lipinski definition) is 1. The molecule has 6 heteroatoms. The van der Waals surface area contributed by atoms with Gasteiger partial charge in [0.2, 0.25) is 5.91 Å². The third-order valence-electron chi connectivity index (χ3n) is 4.38. The van der Waals surface area contributed by atoms with Gasteiger partial charge in [0.1, 0.15) is 10.8 Å². The van der Waals surface area contributed by atoms with Crippen molar-refractivity contribution in [3.63, 3.8) is 0 Å². The van der Waals surface area contributed by atoms with E-state index in [-0.39, 0.29) is 11.7 Å². The fourth-order valence-electron chi connectivity index (χ4n) is 2.77. The fourth-order valence-corrected chi connectivity index (χ4v) is 4.99. The Morgan fingerprint density at radius 1 is 1.14 bits per heavy atom. The van der Waals surface area contributed by atoms with Gasteiger partial charge in [-0.15, -0.1) is 23.1 Å². The summed E-state index contributed by atoms with van der Waals surface area (Å²) in [7, 11) is 0. The lowest BCUT2D eigenvalue weighted by atomic mass is 10.1. The molecule has 0 radical (unpaired) electrons. The second-order valence-electron chi connectivity index (χ2n) is 6.56. The van der Waals surface area contributed by atoms with E-state index in [1.807, 2.05) is 19.1 Å².